The molecule has 1 rings (SSSR count). The number of carbonyl (C=O) groups excluding carboxylic acids is 1. The van der Waals surface area contributed by atoms with Crippen LogP contribution in [0.2, 0.25) is 0 Å². The molecule has 1 aliphatic rings. The van der Waals surface area contributed by atoms with Crippen LogP contribution in [0.5, 0.6) is 0 Å². The van der Waals surface area contributed by atoms with Crippen molar-refractivity contribution >= 4 is 5.91 Å². The molecule has 1 saturated heterocycles. The molecule has 1 amide bonds. The van der Waals surface area contributed by atoms with Gasteiger partial charge in [-0.25, -0.2) is 0 Å². The topological polar surface area (TPSA) is 55.6 Å². The summed E-state index contributed by atoms with van der Waals surface area (Å²) in [6.45, 7) is 6.97. The molecule has 0 aromatic rings. The minimum absolute atomic E-state index is 0.0157. The zero-order valence-electron chi connectivity index (χ0n) is 8.49. The Labute approximate surface area is 79.0 Å². The molecule has 0 aliphatic carbocycles. The van der Waals surface area contributed by atoms with Crippen molar-refractivity contribution in [2.24, 2.45) is 5.73 Å². The largest absolute Gasteiger partial charge is 0.372 e. The SMILES string of the molecule is CC(N)C(=O)N1C[C@@H](C)O[C@@H](C)C1. The first-order valence-corrected chi connectivity index (χ1v) is 4.70. The van der Waals surface area contributed by atoms with Gasteiger partial charge >= 0.3 is 0 Å². The van der Waals surface area contributed by atoms with Crippen molar-refractivity contribution in [2.45, 2.75) is 39.0 Å². The molecular formula is C9H18N2O2. The molecule has 4 heteroatoms. The average molecular weight is 186 g/mol. The summed E-state index contributed by atoms with van der Waals surface area (Å²) in [7, 11) is 0. The maximum absolute atomic E-state index is 11.5. The molecule has 3 atom stereocenters. The maximum Gasteiger partial charge on any atom is 0.239 e. The van der Waals surface area contributed by atoms with Crippen LogP contribution in [0.15, 0.2) is 0 Å². The summed E-state index contributed by atoms with van der Waals surface area (Å²) >= 11 is 0. The van der Waals surface area contributed by atoms with Crippen molar-refractivity contribution in [3.05, 3.63) is 0 Å². The standard InChI is InChI=1S/C9H18N2O2/c1-6-4-11(5-7(2)13-6)9(12)8(3)10/h6-8H,4-5,10H2,1-3H3/t6-,7+,8?. The fraction of sp³-hybridized carbons (Fsp3) is 0.889. The van der Waals surface area contributed by atoms with E-state index < -0.39 is 6.04 Å². The molecule has 0 radical (unpaired) electrons. The quantitative estimate of drug-likeness (QED) is 0.625. The van der Waals surface area contributed by atoms with E-state index in [0.717, 1.165) is 0 Å². The highest BCUT2D eigenvalue weighted by molar-refractivity contribution is 5.81. The smallest absolute Gasteiger partial charge is 0.239 e. The van der Waals surface area contributed by atoms with Crippen molar-refractivity contribution in [1.82, 2.24) is 4.90 Å². The van der Waals surface area contributed by atoms with Gasteiger partial charge < -0.3 is 15.4 Å². The molecular weight excluding hydrogens is 168 g/mol. The fourth-order valence-electron chi connectivity index (χ4n) is 1.65. The van der Waals surface area contributed by atoms with E-state index in [1.54, 1.807) is 11.8 Å². The molecule has 2 N–H and O–H groups in total. The van der Waals surface area contributed by atoms with Crippen LogP contribution in [-0.4, -0.2) is 42.1 Å². The number of morpholine rings is 1. The first-order valence-electron chi connectivity index (χ1n) is 4.70. The van der Waals surface area contributed by atoms with Crippen LogP contribution >= 0.6 is 0 Å². The molecule has 0 aromatic heterocycles. The first kappa shape index (κ1) is 10.5. The Hall–Kier alpha value is -0.610. The predicted molar refractivity (Wildman–Crippen MR) is 50.2 cm³/mol. The van der Waals surface area contributed by atoms with Gasteiger partial charge in [0.05, 0.1) is 18.2 Å². The Morgan fingerprint density at radius 2 is 1.92 bits per heavy atom. The molecule has 76 valence electrons. The number of nitrogens with zero attached hydrogens (tertiary/aromatic N) is 1. The summed E-state index contributed by atoms with van der Waals surface area (Å²) in [6, 6.07) is -0.405. The Balaban J connectivity index is 2.55. The normalized spacial score (nSPS) is 31.5. The van der Waals surface area contributed by atoms with E-state index in [2.05, 4.69) is 0 Å². The second-order valence-electron chi connectivity index (χ2n) is 3.79. The van der Waals surface area contributed by atoms with Gasteiger partial charge in [0.2, 0.25) is 5.91 Å². The van der Waals surface area contributed by atoms with Crippen LogP contribution in [0.3, 0.4) is 0 Å². The Bertz CT molecular complexity index is 184. The molecule has 0 spiro atoms. The summed E-state index contributed by atoms with van der Waals surface area (Å²) < 4.78 is 5.51. The van der Waals surface area contributed by atoms with Crippen LogP contribution in [0.1, 0.15) is 20.8 Å². The number of hydrogen-bond donors (Lipinski definition) is 1. The van der Waals surface area contributed by atoms with Crippen molar-refractivity contribution in [3.63, 3.8) is 0 Å². The highest BCUT2D eigenvalue weighted by Gasteiger charge is 2.27. The van der Waals surface area contributed by atoms with Gasteiger partial charge in [-0.2, -0.15) is 0 Å². The van der Waals surface area contributed by atoms with Crippen molar-refractivity contribution in [1.29, 1.82) is 0 Å². The third-order valence-corrected chi connectivity index (χ3v) is 2.12. The third kappa shape index (κ3) is 2.67. The predicted octanol–water partition coefficient (Wildman–Crippen LogP) is -0.0306. The van der Waals surface area contributed by atoms with E-state index in [4.69, 9.17) is 10.5 Å². The molecule has 1 unspecified atom stereocenters. The molecule has 1 heterocycles. The van der Waals surface area contributed by atoms with Gasteiger partial charge in [0.25, 0.3) is 0 Å². The van der Waals surface area contributed by atoms with Gasteiger partial charge in [-0.1, -0.05) is 0 Å². The zero-order chi connectivity index (χ0) is 10.0. The van der Waals surface area contributed by atoms with Gasteiger partial charge in [-0.15, -0.1) is 0 Å². The van der Waals surface area contributed by atoms with Crippen LogP contribution in [0.4, 0.5) is 0 Å². The van der Waals surface area contributed by atoms with Crippen molar-refractivity contribution < 1.29 is 9.53 Å². The number of nitrogens with two attached hydrogens (primary N) is 1. The second-order valence-corrected chi connectivity index (χ2v) is 3.79. The van der Waals surface area contributed by atoms with Gasteiger partial charge in [-0.3, -0.25) is 4.79 Å². The Morgan fingerprint density at radius 3 is 2.31 bits per heavy atom. The third-order valence-electron chi connectivity index (χ3n) is 2.12. The molecule has 1 fully saturated rings. The first-order chi connectivity index (χ1) is 6.00. The van der Waals surface area contributed by atoms with Crippen molar-refractivity contribution in [3.8, 4) is 0 Å². The summed E-state index contributed by atoms with van der Waals surface area (Å²) in [5.74, 6) is 0.0157. The van der Waals surface area contributed by atoms with Crippen LogP contribution in [0, 0.1) is 0 Å². The lowest BCUT2D eigenvalue weighted by molar-refractivity contribution is -0.144. The molecule has 0 bridgehead atoms. The number of carbonyl (C=O) groups is 1. The molecule has 13 heavy (non-hydrogen) atoms. The fourth-order valence-corrected chi connectivity index (χ4v) is 1.65. The molecule has 4 nitrogen and oxygen atoms in total. The van der Waals surface area contributed by atoms with E-state index >= 15 is 0 Å². The number of ether oxygens (including phenoxy) is 1. The zero-order valence-corrected chi connectivity index (χ0v) is 8.49. The van der Waals surface area contributed by atoms with E-state index in [1.807, 2.05) is 13.8 Å². The Morgan fingerprint density at radius 1 is 1.46 bits per heavy atom. The van der Waals surface area contributed by atoms with Gasteiger partial charge in [-0.05, 0) is 20.8 Å². The summed E-state index contributed by atoms with van der Waals surface area (Å²) in [5, 5.41) is 0. The lowest BCUT2D eigenvalue weighted by Gasteiger charge is -2.36. The monoisotopic (exact) mass is 186 g/mol. The summed E-state index contributed by atoms with van der Waals surface area (Å²) in [6.07, 6.45) is 0.234. The van der Waals surface area contributed by atoms with Gasteiger partial charge in [0.15, 0.2) is 0 Å². The number of hydrogen-bond acceptors (Lipinski definition) is 3. The van der Waals surface area contributed by atoms with Crippen LogP contribution in [-0.2, 0) is 9.53 Å². The average Bonchev–Trinajstić information content (AvgIpc) is 2.01. The lowest BCUT2D eigenvalue weighted by atomic mass is 10.2. The van der Waals surface area contributed by atoms with E-state index in [9.17, 15) is 4.79 Å². The number of amides is 1. The summed E-state index contributed by atoms with van der Waals surface area (Å²) in [4.78, 5) is 13.3. The molecule has 0 saturated carbocycles. The van der Waals surface area contributed by atoms with Crippen LogP contribution < -0.4 is 5.73 Å². The van der Waals surface area contributed by atoms with Gasteiger partial charge in [0.1, 0.15) is 0 Å². The second kappa shape index (κ2) is 4.07. The van der Waals surface area contributed by atoms with Crippen LogP contribution in [0.25, 0.3) is 0 Å². The Kier molecular flexibility index (Phi) is 3.27. The maximum atomic E-state index is 11.5. The van der Waals surface area contributed by atoms with Crippen molar-refractivity contribution in [2.75, 3.05) is 13.1 Å². The highest BCUT2D eigenvalue weighted by Crippen LogP contribution is 2.11. The minimum atomic E-state index is -0.405. The summed E-state index contributed by atoms with van der Waals surface area (Å²) in [5.41, 5.74) is 5.53. The number of rotatable bonds is 1. The lowest BCUT2D eigenvalue weighted by Crippen LogP contribution is -2.52. The minimum Gasteiger partial charge on any atom is -0.372 e. The van der Waals surface area contributed by atoms with E-state index in [0.29, 0.717) is 13.1 Å². The molecule has 1 aliphatic heterocycles. The van der Waals surface area contributed by atoms with Gasteiger partial charge in [0, 0.05) is 13.1 Å². The van der Waals surface area contributed by atoms with E-state index in [-0.39, 0.29) is 18.1 Å². The highest BCUT2D eigenvalue weighted by atomic mass is 16.5. The molecule has 0 aromatic carbocycles. The van der Waals surface area contributed by atoms with E-state index in [1.165, 1.54) is 0 Å².